The molecule has 5 aromatic rings. The molecule has 34 heavy (non-hydrogen) atoms. The molecule has 5 rings (SSSR count). The van der Waals surface area contributed by atoms with E-state index >= 15 is 0 Å². The second-order valence-corrected chi connectivity index (χ2v) is 8.23. The van der Waals surface area contributed by atoms with E-state index in [2.05, 4.69) is 10.3 Å². The third kappa shape index (κ3) is 4.27. The van der Waals surface area contributed by atoms with Crippen LogP contribution in [-0.2, 0) is 6.54 Å². The van der Waals surface area contributed by atoms with Gasteiger partial charge in [-0.3, -0.25) is 4.79 Å². The Hall–Kier alpha value is -4.42. The van der Waals surface area contributed by atoms with Crippen LogP contribution >= 0.6 is 0 Å². The molecule has 1 aromatic heterocycles. The summed E-state index contributed by atoms with van der Waals surface area (Å²) in [6.07, 6.45) is 0.978. The molecule has 1 unspecified atom stereocenters. The number of H-pyrrole nitrogens is 1. The lowest BCUT2D eigenvalue weighted by Crippen LogP contribution is -2.22. The van der Waals surface area contributed by atoms with Crippen LogP contribution in [0.15, 0.2) is 91.1 Å². The van der Waals surface area contributed by atoms with Gasteiger partial charge in [0.05, 0.1) is 5.56 Å². The number of rotatable bonds is 6. The molecule has 0 fully saturated rings. The molecule has 0 aliphatic rings. The molecule has 1 amide bonds. The van der Waals surface area contributed by atoms with Crippen LogP contribution in [0.25, 0.3) is 21.7 Å². The first-order valence-electron chi connectivity index (χ1n) is 10.9. The number of hydrogen-bond acceptors (Lipinski definition) is 3. The van der Waals surface area contributed by atoms with E-state index in [1.807, 2.05) is 60.8 Å². The average molecular weight is 450 g/mol. The topological polar surface area (TPSA) is 102 Å². The van der Waals surface area contributed by atoms with Gasteiger partial charge < -0.3 is 20.5 Å². The molecule has 0 spiro atoms. The molecule has 168 valence electrons. The van der Waals surface area contributed by atoms with Crippen molar-refractivity contribution < 1.29 is 19.8 Å². The predicted octanol–water partition coefficient (Wildman–Crippen LogP) is 5.03. The van der Waals surface area contributed by atoms with E-state index in [9.17, 15) is 14.7 Å². The number of fused-ring (bicyclic) bond motifs is 2. The lowest BCUT2D eigenvalue weighted by molar-refractivity contribution is 0.0696. The number of aliphatic hydroxyl groups excluding tert-OH is 1. The van der Waals surface area contributed by atoms with Crippen molar-refractivity contribution in [2.45, 2.75) is 12.6 Å². The van der Waals surface area contributed by atoms with Gasteiger partial charge in [0.25, 0.3) is 5.91 Å². The van der Waals surface area contributed by atoms with Crippen molar-refractivity contribution in [3.8, 4) is 0 Å². The maximum atomic E-state index is 12.8. The summed E-state index contributed by atoms with van der Waals surface area (Å²) in [5.41, 5.74) is 4.03. The lowest BCUT2D eigenvalue weighted by Gasteiger charge is -2.13. The number of hydrogen-bond donors (Lipinski definition) is 4. The number of carbonyl (C=O) groups excluding carboxylic acids is 1. The second-order valence-electron chi connectivity index (χ2n) is 8.23. The second kappa shape index (κ2) is 8.84. The Morgan fingerprint density at radius 3 is 2.29 bits per heavy atom. The minimum Gasteiger partial charge on any atom is -0.478 e. The van der Waals surface area contributed by atoms with Crippen molar-refractivity contribution in [2.75, 3.05) is 0 Å². The van der Waals surface area contributed by atoms with Crippen LogP contribution in [0.3, 0.4) is 0 Å². The minimum absolute atomic E-state index is 0.165. The van der Waals surface area contributed by atoms with Crippen molar-refractivity contribution in [1.29, 1.82) is 0 Å². The first kappa shape index (κ1) is 21.4. The van der Waals surface area contributed by atoms with E-state index in [1.54, 1.807) is 18.2 Å². The maximum absolute atomic E-state index is 12.8. The molecule has 1 atom stereocenters. The van der Waals surface area contributed by atoms with Gasteiger partial charge >= 0.3 is 5.97 Å². The monoisotopic (exact) mass is 450 g/mol. The Kier molecular flexibility index (Phi) is 5.57. The van der Waals surface area contributed by atoms with Crippen molar-refractivity contribution in [3.05, 3.63) is 119 Å². The number of carboxylic acids is 1. The molecule has 0 saturated heterocycles. The number of carboxylic acid groups (broad SMARTS) is 1. The summed E-state index contributed by atoms with van der Waals surface area (Å²) in [7, 11) is 0. The quantitative estimate of drug-likeness (QED) is 0.291. The van der Waals surface area contributed by atoms with Gasteiger partial charge in [-0.05, 0) is 81.4 Å². The highest BCUT2D eigenvalue weighted by Crippen LogP contribution is 2.26. The molecule has 6 heteroatoms. The lowest BCUT2D eigenvalue weighted by atomic mass is 9.97. The van der Waals surface area contributed by atoms with Gasteiger partial charge in [-0.15, -0.1) is 0 Å². The van der Waals surface area contributed by atoms with Crippen molar-refractivity contribution in [3.63, 3.8) is 0 Å². The molecule has 0 aliphatic carbocycles. The van der Waals surface area contributed by atoms with Gasteiger partial charge in [0, 0.05) is 23.8 Å². The number of carbonyl (C=O) groups is 2. The number of aromatic carboxylic acids is 1. The smallest absolute Gasteiger partial charge is 0.335 e. The molecular weight excluding hydrogens is 428 g/mol. The highest BCUT2D eigenvalue weighted by atomic mass is 16.4. The fraction of sp³-hybridized carbons (Fsp3) is 0.0714. The van der Waals surface area contributed by atoms with E-state index in [1.165, 1.54) is 12.1 Å². The molecule has 0 radical (unpaired) electrons. The average Bonchev–Trinajstić information content (AvgIpc) is 3.34. The van der Waals surface area contributed by atoms with Crippen LogP contribution in [0.4, 0.5) is 0 Å². The zero-order valence-corrected chi connectivity index (χ0v) is 18.2. The number of benzene rings is 4. The van der Waals surface area contributed by atoms with Crippen LogP contribution in [0.2, 0.25) is 0 Å². The maximum Gasteiger partial charge on any atom is 0.335 e. The molecule has 1 heterocycles. The highest BCUT2D eigenvalue weighted by molar-refractivity contribution is 5.98. The summed E-state index contributed by atoms with van der Waals surface area (Å²) in [4.78, 5) is 27.0. The molecule has 0 bridgehead atoms. The SMILES string of the molecule is O=C(O)c1ccc(C(O)c2ccc3ccc(C(=O)NCc4ccc5[nH]ccc5c4)cc3c2)cc1. The zero-order chi connectivity index (χ0) is 23.7. The van der Waals surface area contributed by atoms with E-state index in [0.29, 0.717) is 23.2 Å². The fourth-order valence-corrected chi connectivity index (χ4v) is 4.07. The molecule has 0 aliphatic heterocycles. The van der Waals surface area contributed by atoms with Crippen LogP contribution in [0, 0.1) is 0 Å². The largest absolute Gasteiger partial charge is 0.478 e. The Labute approximate surface area is 195 Å². The van der Waals surface area contributed by atoms with E-state index in [4.69, 9.17) is 5.11 Å². The Morgan fingerprint density at radius 1 is 0.765 bits per heavy atom. The van der Waals surface area contributed by atoms with Gasteiger partial charge in [0.1, 0.15) is 6.10 Å². The van der Waals surface area contributed by atoms with Gasteiger partial charge in [0.15, 0.2) is 0 Å². The third-order valence-electron chi connectivity index (χ3n) is 5.99. The molecule has 4 N–H and O–H groups in total. The summed E-state index contributed by atoms with van der Waals surface area (Å²) in [6.45, 7) is 0.420. The van der Waals surface area contributed by atoms with E-state index in [-0.39, 0.29) is 11.5 Å². The standard InChI is InChI=1S/C28H22N2O4/c31-26(19-4-6-20(7-5-19)28(33)34)22-8-2-18-3-9-23(15-24(18)14-22)27(32)30-16-17-1-10-25-21(13-17)11-12-29-25/h1-15,26,29,31H,16H2,(H,30,32)(H,33,34). The number of aliphatic hydroxyl groups is 1. The van der Waals surface area contributed by atoms with E-state index < -0.39 is 12.1 Å². The normalized spacial score (nSPS) is 12.0. The van der Waals surface area contributed by atoms with Gasteiger partial charge in [0.2, 0.25) is 0 Å². The van der Waals surface area contributed by atoms with Crippen LogP contribution in [0.1, 0.15) is 43.5 Å². The Bertz CT molecular complexity index is 1520. The summed E-state index contributed by atoms with van der Waals surface area (Å²) < 4.78 is 0. The minimum atomic E-state index is -1.01. The molecule has 0 saturated carbocycles. The Morgan fingerprint density at radius 2 is 1.50 bits per heavy atom. The fourth-order valence-electron chi connectivity index (χ4n) is 4.07. The highest BCUT2D eigenvalue weighted by Gasteiger charge is 2.13. The molecule has 6 nitrogen and oxygen atoms in total. The summed E-state index contributed by atoms with van der Waals surface area (Å²) in [5, 5.41) is 25.7. The van der Waals surface area contributed by atoms with Gasteiger partial charge in [-0.1, -0.05) is 36.4 Å². The number of nitrogens with one attached hydrogen (secondary N) is 2. The number of aromatic amines is 1. The summed E-state index contributed by atoms with van der Waals surface area (Å²) >= 11 is 0. The molecular formula is C28H22N2O4. The van der Waals surface area contributed by atoms with Crippen LogP contribution < -0.4 is 5.32 Å². The Balaban J connectivity index is 1.34. The van der Waals surface area contributed by atoms with Crippen LogP contribution in [0.5, 0.6) is 0 Å². The first-order valence-corrected chi connectivity index (χ1v) is 10.9. The summed E-state index contributed by atoms with van der Waals surface area (Å²) in [5.74, 6) is -1.19. The third-order valence-corrected chi connectivity index (χ3v) is 5.99. The van der Waals surface area contributed by atoms with Crippen LogP contribution in [-0.4, -0.2) is 27.1 Å². The van der Waals surface area contributed by atoms with Crippen molar-refractivity contribution in [1.82, 2.24) is 10.3 Å². The van der Waals surface area contributed by atoms with Gasteiger partial charge in [-0.2, -0.15) is 0 Å². The summed E-state index contributed by atoms with van der Waals surface area (Å²) in [6, 6.07) is 25.2. The number of aromatic nitrogens is 1. The number of amides is 1. The van der Waals surface area contributed by atoms with Gasteiger partial charge in [-0.25, -0.2) is 4.79 Å². The zero-order valence-electron chi connectivity index (χ0n) is 18.2. The first-order chi connectivity index (χ1) is 16.5. The van der Waals surface area contributed by atoms with Crippen molar-refractivity contribution >= 4 is 33.6 Å². The predicted molar refractivity (Wildman–Crippen MR) is 131 cm³/mol. The van der Waals surface area contributed by atoms with Crippen molar-refractivity contribution in [2.24, 2.45) is 0 Å². The van der Waals surface area contributed by atoms with E-state index in [0.717, 1.165) is 27.2 Å². The molecule has 4 aromatic carbocycles.